The highest BCUT2D eigenvalue weighted by molar-refractivity contribution is 7.99. The van der Waals surface area contributed by atoms with Gasteiger partial charge in [0.15, 0.2) is 5.16 Å². The van der Waals surface area contributed by atoms with Gasteiger partial charge in [-0.15, -0.1) is 0 Å². The van der Waals surface area contributed by atoms with Crippen LogP contribution in [-0.2, 0) is 16.1 Å². The third-order valence-corrected chi connectivity index (χ3v) is 3.84. The van der Waals surface area contributed by atoms with E-state index >= 15 is 0 Å². The van der Waals surface area contributed by atoms with Crippen molar-refractivity contribution in [2.24, 2.45) is 0 Å². The maximum atomic E-state index is 12.0. The minimum atomic E-state index is -0.874. The zero-order valence-corrected chi connectivity index (χ0v) is 12.9. The zero-order valence-electron chi connectivity index (χ0n) is 12.1. The molecule has 20 heavy (non-hydrogen) atoms. The van der Waals surface area contributed by atoms with E-state index in [2.05, 4.69) is 4.98 Å². The smallest absolute Gasteiger partial charge is 0.313 e. The summed E-state index contributed by atoms with van der Waals surface area (Å²) in [6.45, 7) is 7.71. The summed E-state index contributed by atoms with van der Waals surface area (Å²) in [6.07, 6.45) is 2.25. The molecule has 0 radical (unpaired) electrons. The van der Waals surface area contributed by atoms with E-state index in [1.165, 1.54) is 11.8 Å². The summed E-state index contributed by atoms with van der Waals surface area (Å²) in [6, 6.07) is 0. The van der Waals surface area contributed by atoms with Gasteiger partial charge in [-0.25, -0.2) is 4.98 Å². The highest BCUT2D eigenvalue weighted by atomic mass is 32.2. The van der Waals surface area contributed by atoms with Gasteiger partial charge in [-0.3, -0.25) is 9.59 Å². The Balaban J connectivity index is 2.63. The number of imidazole rings is 1. The van der Waals surface area contributed by atoms with Crippen LogP contribution in [0.1, 0.15) is 26.0 Å². The van der Waals surface area contributed by atoms with Crippen molar-refractivity contribution in [3.05, 3.63) is 11.9 Å². The number of hydrogen-bond donors (Lipinski definition) is 1. The lowest BCUT2D eigenvalue weighted by molar-refractivity contribution is -0.134. The molecule has 0 aliphatic carbocycles. The summed E-state index contributed by atoms with van der Waals surface area (Å²) in [5.41, 5.74) is 0.827. The number of hydrogen-bond acceptors (Lipinski definition) is 4. The van der Waals surface area contributed by atoms with E-state index in [4.69, 9.17) is 5.11 Å². The lowest BCUT2D eigenvalue weighted by atomic mass is 10.3. The number of carboxylic acid groups (broad SMARTS) is 1. The van der Waals surface area contributed by atoms with Crippen LogP contribution in [0, 0.1) is 6.92 Å². The van der Waals surface area contributed by atoms with E-state index < -0.39 is 5.97 Å². The number of carbonyl (C=O) groups is 2. The lowest BCUT2D eigenvalue weighted by Gasteiger charge is -2.18. The Labute approximate surface area is 123 Å². The van der Waals surface area contributed by atoms with E-state index in [1.807, 2.05) is 31.5 Å². The van der Waals surface area contributed by atoms with Crippen molar-refractivity contribution in [1.29, 1.82) is 0 Å². The molecule has 1 rings (SSSR count). The minimum Gasteiger partial charge on any atom is -0.481 e. The van der Waals surface area contributed by atoms with Crippen LogP contribution in [0.25, 0.3) is 0 Å². The number of aliphatic carboxylic acids is 1. The number of thioether (sulfide) groups is 1. The van der Waals surface area contributed by atoms with E-state index in [1.54, 1.807) is 4.90 Å². The van der Waals surface area contributed by atoms with Crippen LogP contribution in [0.2, 0.25) is 0 Å². The molecule has 0 unspecified atom stereocenters. The Bertz CT molecular complexity index is 469. The first-order chi connectivity index (χ1) is 9.47. The van der Waals surface area contributed by atoms with Crippen LogP contribution in [0.4, 0.5) is 0 Å². The largest absolute Gasteiger partial charge is 0.481 e. The molecule has 112 valence electrons. The summed E-state index contributed by atoms with van der Waals surface area (Å²) < 4.78 is 1.85. The van der Waals surface area contributed by atoms with Crippen LogP contribution in [0.5, 0.6) is 0 Å². The molecule has 1 aromatic heterocycles. The molecular formula is C13H21N3O3S. The van der Waals surface area contributed by atoms with Gasteiger partial charge < -0.3 is 14.6 Å². The van der Waals surface area contributed by atoms with Gasteiger partial charge in [0.2, 0.25) is 5.91 Å². The average Bonchev–Trinajstić information content (AvgIpc) is 2.75. The summed E-state index contributed by atoms with van der Waals surface area (Å²) in [5, 5.41) is 9.36. The molecule has 0 spiro atoms. The number of amides is 1. The van der Waals surface area contributed by atoms with Gasteiger partial charge in [-0.05, 0) is 20.8 Å². The maximum Gasteiger partial charge on any atom is 0.313 e. The second-order valence-electron chi connectivity index (χ2n) is 4.36. The van der Waals surface area contributed by atoms with Crippen LogP contribution in [-0.4, -0.2) is 50.3 Å². The Morgan fingerprint density at radius 1 is 1.40 bits per heavy atom. The van der Waals surface area contributed by atoms with Crippen molar-refractivity contribution in [3.63, 3.8) is 0 Å². The quantitative estimate of drug-likeness (QED) is 0.738. The third kappa shape index (κ3) is 4.88. The molecule has 1 amide bonds. The molecule has 0 bridgehead atoms. The fourth-order valence-electron chi connectivity index (χ4n) is 1.88. The number of carbonyl (C=O) groups excluding carboxylic acids is 1. The Morgan fingerprint density at radius 3 is 2.60 bits per heavy atom. The molecule has 0 saturated heterocycles. The molecule has 1 heterocycles. The highest BCUT2D eigenvalue weighted by Gasteiger charge is 2.13. The second kappa shape index (κ2) is 7.94. The number of nitrogens with zero attached hydrogens (tertiary/aromatic N) is 3. The molecule has 0 aliphatic heterocycles. The minimum absolute atomic E-state index is 0.0273. The van der Waals surface area contributed by atoms with Crippen molar-refractivity contribution in [2.75, 3.05) is 18.8 Å². The maximum absolute atomic E-state index is 12.0. The Hall–Kier alpha value is -1.50. The van der Waals surface area contributed by atoms with Gasteiger partial charge in [0.25, 0.3) is 0 Å². The predicted octanol–water partition coefficient (Wildman–Crippen LogP) is 1.63. The van der Waals surface area contributed by atoms with Crippen LogP contribution < -0.4 is 0 Å². The van der Waals surface area contributed by atoms with Gasteiger partial charge >= 0.3 is 5.97 Å². The topological polar surface area (TPSA) is 75.4 Å². The molecule has 7 heteroatoms. The number of aryl methyl sites for hydroxylation is 2. The van der Waals surface area contributed by atoms with Crippen LogP contribution >= 0.6 is 11.8 Å². The average molecular weight is 299 g/mol. The summed E-state index contributed by atoms with van der Waals surface area (Å²) in [4.78, 5) is 28.6. The highest BCUT2D eigenvalue weighted by Crippen LogP contribution is 2.18. The lowest BCUT2D eigenvalue weighted by Crippen LogP contribution is -2.31. The zero-order chi connectivity index (χ0) is 15.1. The fourth-order valence-corrected chi connectivity index (χ4v) is 2.65. The first-order valence-electron chi connectivity index (χ1n) is 6.64. The van der Waals surface area contributed by atoms with E-state index in [0.29, 0.717) is 31.2 Å². The molecule has 0 aliphatic rings. The normalized spacial score (nSPS) is 10.6. The van der Waals surface area contributed by atoms with E-state index in [9.17, 15) is 9.59 Å². The van der Waals surface area contributed by atoms with Crippen molar-refractivity contribution in [2.45, 2.75) is 38.9 Å². The first-order valence-corrected chi connectivity index (χ1v) is 7.62. The summed E-state index contributed by atoms with van der Waals surface area (Å²) >= 11 is 1.17. The van der Waals surface area contributed by atoms with Crippen molar-refractivity contribution in [3.8, 4) is 0 Å². The Morgan fingerprint density at radius 2 is 2.05 bits per heavy atom. The van der Waals surface area contributed by atoms with Crippen molar-refractivity contribution in [1.82, 2.24) is 14.5 Å². The van der Waals surface area contributed by atoms with Crippen LogP contribution in [0.3, 0.4) is 0 Å². The van der Waals surface area contributed by atoms with Gasteiger partial charge in [-0.2, -0.15) is 0 Å². The van der Waals surface area contributed by atoms with Gasteiger partial charge in [-0.1, -0.05) is 11.8 Å². The molecule has 6 nitrogen and oxygen atoms in total. The van der Waals surface area contributed by atoms with Gasteiger partial charge in [0.1, 0.15) is 0 Å². The third-order valence-electron chi connectivity index (χ3n) is 2.87. The number of carboxylic acids is 1. The molecule has 1 N–H and O–H groups in total. The Kier molecular flexibility index (Phi) is 6.57. The van der Waals surface area contributed by atoms with E-state index in [-0.39, 0.29) is 11.7 Å². The number of aromatic nitrogens is 2. The molecule has 0 fully saturated rings. The molecular weight excluding hydrogens is 278 g/mol. The molecule has 0 aromatic carbocycles. The molecule has 1 aromatic rings. The SMILES string of the molecule is CCN(CC)C(=O)CCn1cc(C)nc1SCC(=O)O. The fraction of sp³-hybridized carbons (Fsp3) is 0.615. The predicted molar refractivity (Wildman–Crippen MR) is 77.9 cm³/mol. The summed E-state index contributed by atoms with van der Waals surface area (Å²) in [5.74, 6) is -0.794. The number of rotatable bonds is 8. The van der Waals surface area contributed by atoms with Gasteiger partial charge in [0, 0.05) is 32.3 Å². The second-order valence-corrected chi connectivity index (χ2v) is 5.30. The monoisotopic (exact) mass is 299 g/mol. The van der Waals surface area contributed by atoms with E-state index in [0.717, 1.165) is 5.69 Å². The van der Waals surface area contributed by atoms with Crippen molar-refractivity contribution < 1.29 is 14.7 Å². The van der Waals surface area contributed by atoms with Crippen LogP contribution in [0.15, 0.2) is 11.4 Å². The first kappa shape index (κ1) is 16.6. The summed E-state index contributed by atoms with van der Waals surface area (Å²) in [7, 11) is 0. The molecule has 0 saturated carbocycles. The standard InChI is InChI=1S/C13H21N3O3S/c1-4-15(5-2)11(17)6-7-16-8-10(3)14-13(16)20-9-12(18)19/h8H,4-7,9H2,1-3H3,(H,18,19). The molecule has 0 atom stereocenters. The van der Waals surface area contributed by atoms with Gasteiger partial charge in [0.05, 0.1) is 11.4 Å². The van der Waals surface area contributed by atoms with Crippen molar-refractivity contribution >= 4 is 23.6 Å².